The van der Waals surface area contributed by atoms with E-state index in [0.717, 1.165) is 12.8 Å². The molecule has 0 rings (SSSR count). The van der Waals surface area contributed by atoms with Crippen molar-refractivity contribution in [2.75, 3.05) is 13.2 Å². The van der Waals surface area contributed by atoms with Crippen LogP contribution in [0.4, 0.5) is 4.79 Å². The van der Waals surface area contributed by atoms with Crippen LogP contribution >= 0.6 is 0 Å². The monoisotopic (exact) mass is 218 g/mol. The standard InChI is InChI=1S/C10H18O5/c1-4-6-7-14-9(11)8(3)15-10(12)13-5-2/h8H,4-7H2,1-3H3/t8-/m1/s1. The molecule has 0 aliphatic carbocycles. The number of carbonyl (C=O) groups is 2. The van der Waals surface area contributed by atoms with E-state index in [0.29, 0.717) is 6.61 Å². The van der Waals surface area contributed by atoms with Crippen molar-refractivity contribution in [2.24, 2.45) is 0 Å². The molecule has 0 fully saturated rings. The normalized spacial score (nSPS) is 11.7. The summed E-state index contributed by atoms with van der Waals surface area (Å²) >= 11 is 0. The highest BCUT2D eigenvalue weighted by Crippen LogP contribution is 1.99. The van der Waals surface area contributed by atoms with E-state index < -0.39 is 18.2 Å². The fourth-order valence-electron chi connectivity index (χ4n) is 0.779. The Hall–Kier alpha value is -1.26. The maximum Gasteiger partial charge on any atom is 0.509 e. The van der Waals surface area contributed by atoms with E-state index in [-0.39, 0.29) is 6.61 Å². The first-order valence-electron chi connectivity index (χ1n) is 5.11. The van der Waals surface area contributed by atoms with Gasteiger partial charge in [-0.1, -0.05) is 13.3 Å². The molecule has 0 aromatic carbocycles. The van der Waals surface area contributed by atoms with Crippen molar-refractivity contribution in [1.82, 2.24) is 0 Å². The fraction of sp³-hybridized carbons (Fsp3) is 0.800. The molecule has 0 spiro atoms. The minimum Gasteiger partial charge on any atom is -0.463 e. The Bertz CT molecular complexity index is 202. The van der Waals surface area contributed by atoms with E-state index in [1.807, 2.05) is 6.92 Å². The predicted molar refractivity (Wildman–Crippen MR) is 53.4 cm³/mol. The van der Waals surface area contributed by atoms with Gasteiger partial charge in [0.25, 0.3) is 0 Å². The van der Waals surface area contributed by atoms with Crippen molar-refractivity contribution in [3.63, 3.8) is 0 Å². The zero-order chi connectivity index (χ0) is 11.7. The van der Waals surface area contributed by atoms with Crippen LogP contribution in [0, 0.1) is 0 Å². The molecule has 88 valence electrons. The van der Waals surface area contributed by atoms with Gasteiger partial charge in [0, 0.05) is 0 Å². The summed E-state index contributed by atoms with van der Waals surface area (Å²) in [6, 6.07) is 0. The Kier molecular flexibility index (Phi) is 7.40. The Labute approximate surface area is 89.7 Å². The zero-order valence-electron chi connectivity index (χ0n) is 9.45. The third-order valence-corrected chi connectivity index (χ3v) is 1.61. The molecule has 0 heterocycles. The molecule has 1 atom stereocenters. The molecule has 0 aromatic rings. The lowest BCUT2D eigenvalue weighted by Crippen LogP contribution is -2.27. The topological polar surface area (TPSA) is 61.8 Å². The molecule has 0 bridgehead atoms. The minimum atomic E-state index is -0.916. The van der Waals surface area contributed by atoms with Gasteiger partial charge in [0.05, 0.1) is 13.2 Å². The first-order valence-corrected chi connectivity index (χ1v) is 5.11. The van der Waals surface area contributed by atoms with Gasteiger partial charge >= 0.3 is 12.1 Å². The number of hydrogen-bond donors (Lipinski definition) is 0. The summed E-state index contributed by atoms with van der Waals surface area (Å²) in [6.07, 6.45) is -0.0171. The maximum atomic E-state index is 11.2. The Balaban J connectivity index is 3.73. The van der Waals surface area contributed by atoms with Gasteiger partial charge in [0.1, 0.15) is 0 Å². The molecule has 0 radical (unpaired) electrons. The third kappa shape index (κ3) is 6.76. The van der Waals surface area contributed by atoms with Crippen molar-refractivity contribution in [2.45, 2.75) is 39.7 Å². The lowest BCUT2D eigenvalue weighted by atomic mass is 10.3. The summed E-state index contributed by atoms with van der Waals surface area (Å²) in [6.45, 7) is 5.67. The van der Waals surface area contributed by atoms with Gasteiger partial charge in [0.2, 0.25) is 0 Å². The highest BCUT2D eigenvalue weighted by atomic mass is 16.7. The van der Waals surface area contributed by atoms with Crippen LogP contribution in [0.15, 0.2) is 0 Å². The summed E-state index contributed by atoms with van der Waals surface area (Å²) in [5.41, 5.74) is 0. The van der Waals surface area contributed by atoms with Gasteiger partial charge < -0.3 is 14.2 Å². The molecular formula is C10H18O5. The largest absolute Gasteiger partial charge is 0.509 e. The molecule has 0 aliphatic heterocycles. The summed E-state index contributed by atoms with van der Waals surface area (Å²) in [5, 5.41) is 0. The van der Waals surface area contributed by atoms with Crippen LogP contribution in [0.25, 0.3) is 0 Å². The van der Waals surface area contributed by atoms with E-state index in [9.17, 15) is 9.59 Å². The fourth-order valence-corrected chi connectivity index (χ4v) is 0.779. The molecule has 0 N–H and O–H groups in total. The van der Waals surface area contributed by atoms with E-state index in [4.69, 9.17) is 4.74 Å². The quantitative estimate of drug-likeness (QED) is 0.503. The lowest BCUT2D eigenvalue weighted by molar-refractivity contribution is -0.154. The van der Waals surface area contributed by atoms with Crippen molar-refractivity contribution in [1.29, 1.82) is 0 Å². The van der Waals surface area contributed by atoms with Crippen molar-refractivity contribution < 1.29 is 23.8 Å². The zero-order valence-corrected chi connectivity index (χ0v) is 9.45. The van der Waals surface area contributed by atoms with Gasteiger partial charge in [-0.25, -0.2) is 9.59 Å². The Morgan fingerprint density at radius 1 is 1.20 bits per heavy atom. The molecule has 0 saturated carbocycles. The van der Waals surface area contributed by atoms with Crippen LogP contribution in [-0.2, 0) is 19.0 Å². The van der Waals surface area contributed by atoms with Crippen molar-refractivity contribution >= 4 is 12.1 Å². The molecule has 5 nitrogen and oxygen atoms in total. The van der Waals surface area contributed by atoms with Gasteiger partial charge in [-0.15, -0.1) is 0 Å². The van der Waals surface area contributed by atoms with E-state index in [2.05, 4.69) is 9.47 Å². The second-order valence-electron chi connectivity index (χ2n) is 2.96. The Morgan fingerprint density at radius 2 is 1.87 bits per heavy atom. The number of rotatable bonds is 6. The molecule has 0 aliphatic rings. The van der Waals surface area contributed by atoms with Gasteiger partial charge in [-0.05, 0) is 20.3 Å². The molecular weight excluding hydrogens is 200 g/mol. The van der Waals surface area contributed by atoms with Crippen LogP contribution in [0.5, 0.6) is 0 Å². The number of hydrogen-bond acceptors (Lipinski definition) is 5. The van der Waals surface area contributed by atoms with E-state index in [1.54, 1.807) is 6.92 Å². The van der Waals surface area contributed by atoms with E-state index in [1.165, 1.54) is 6.92 Å². The van der Waals surface area contributed by atoms with Gasteiger partial charge in [-0.2, -0.15) is 0 Å². The van der Waals surface area contributed by atoms with Crippen LogP contribution in [0.2, 0.25) is 0 Å². The smallest absolute Gasteiger partial charge is 0.463 e. The molecule has 0 aromatic heterocycles. The van der Waals surface area contributed by atoms with Crippen molar-refractivity contribution in [3.05, 3.63) is 0 Å². The highest BCUT2D eigenvalue weighted by Gasteiger charge is 2.19. The second-order valence-corrected chi connectivity index (χ2v) is 2.96. The summed E-state index contributed by atoms with van der Waals surface area (Å²) < 4.78 is 14.0. The molecule has 0 amide bonds. The lowest BCUT2D eigenvalue weighted by Gasteiger charge is -2.11. The summed E-state index contributed by atoms with van der Waals surface area (Å²) in [4.78, 5) is 22.0. The molecule has 0 saturated heterocycles. The number of unbranched alkanes of at least 4 members (excludes halogenated alkanes) is 1. The maximum absolute atomic E-state index is 11.2. The number of ether oxygens (including phenoxy) is 3. The third-order valence-electron chi connectivity index (χ3n) is 1.61. The van der Waals surface area contributed by atoms with Crippen LogP contribution < -0.4 is 0 Å². The van der Waals surface area contributed by atoms with Crippen LogP contribution in [0.3, 0.4) is 0 Å². The van der Waals surface area contributed by atoms with Gasteiger partial charge in [-0.3, -0.25) is 0 Å². The molecule has 0 unspecified atom stereocenters. The van der Waals surface area contributed by atoms with Crippen LogP contribution in [0.1, 0.15) is 33.6 Å². The number of carbonyl (C=O) groups excluding carboxylic acids is 2. The minimum absolute atomic E-state index is 0.219. The first-order chi connectivity index (χ1) is 7.11. The summed E-state index contributed by atoms with van der Waals surface area (Å²) in [7, 11) is 0. The second kappa shape index (κ2) is 8.08. The molecule has 15 heavy (non-hydrogen) atoms. The average Bonchev–Trinajstić information content (AvgIpc) is 2.18. The average molecular weight is 218 g/mol. The predicted octanol–water partition coefficient (Wildman–Crippen LogP) is 1.89. The Morgan fingerprint density at radius 3 is 2.40 bits per heavy atom. The summed E-state index contributed by atoms with van der Waals surface area (Å²) in [5.74, 6) is -0.545. The highest BCUT2D eigenvalue weighted by molar-refractivity contribution is 5.76. The van der Waals surface area contributed by atoms with Crippen LogP contribution in [-0.4, -0.2) is 31.4 Å². The SMILES string of the molecule is CCCCOC(=O)[C@@H](C)OC(=O)OCC. The van der Waals surface area contributed by atoms with E-state index >= 15 is 0 Å². The van der Waals surface area contributed by atoms with Gasteiger partial charge in [0.15, 0.2) is 6.10 Å². The van der Waals surface area contributed by atoms with Crippen molar-refractivity contribution in [3.8, 4) is 0 Å². The number of esters is 1. The first kappa shape index (κ1) is 13.7. The molecule has 5 heteroatoms.